The molecule has 1 amide bonds. The molecule has 0 radical (unpaired) electrons. The first-order valence-corrected chi connectivity index (χ1v) is 11.4. The van der Waals surface area contributed by atoms with E-state index in [4.69, 9.17) is 25.6 Å². The molecule has 2 heterocycles. The van der Waals surface area contributed by atoms with Gasteiger partial charge in [0.1, 0.15) is 30.5 Å². The highest BCUT2D eigenvalue weighted by molar-refractivity contribution is 6.30. The number of para-hydroxylation sites is 1. The van der Waals surface area contributed by atoms with Crippen LogP contribution in [0.15, 0.2) is 53.1 Å². The van der Waals surface area contributed by atoms with Crippen LogP contribution in [0, 0.1) is 13.8 Å². The van der Waals surface area contributed by atoms with Gasteiger partial charge in [-0.05, 0) is 50.2 Å². The predicted octanol–water partition coefficient (Wildman–Crippen LogP) is 4.36. The molecule has 174 valence electrons. The first-order chi connectivity index (χ1) is 16.0. The number of carbonyl (C=O) groups is 1. The maximum Gasteiger partial charge on any atom is 0.257 e. The number of piperazine rings is 1. The van der Waals surface area contributed by atoms with Crippen molar-refractivity contribution in [3.05, 3.63) is 76.1 Å². The molecule has 3 aromatic rings. The van der Waals surface area contributed by atoms with Crippen LogP contribution in [0.25, 0.3) is 0 Å². The van der Waals surface area contributed by atoms with E-state index in [0.29, 0.717) is 42.6 Å². The quantitative estimate of drug-likeness (QED) is 0.488. The van der Waals surface area contributed by atoms with E-state index in [1.165, 1.54) is 0 Å². The lowest BCUT2D eigenvalue weighted by molar-refractivity contribution is 0.0616. The highest BCUT2D eigenvalue weighted by atomic mass is 35.5. The molecule has 0 aliphatic carbocycles. The summed E-state index contributed by atoms with van der Waals surface area (Å²) < 4.78 is 17.0. The second-order valence-electron chi connectivity index (χ2n) is 8.02. The first kappa shape index (κ1) is 23.1. The molecule has 8 heteroatoms. The molecular formula is C25H28ClN3O4. The molecule has 4 rings (SSSR count). The van der Waals surface area contributed by atoms with Gasteiger partial charge >= 0.3 is 0 Å². The van der Waals surface area contributed by atoms with Crippen molar-refractivity contribution < 1.29 is 18.8 Å². The van der Waals surface area contributed by atoms with E-state index in [-0.39, 0.29) is 5.91 Å². The summed E-state index contributed by atoms with van der Waals surface area (Å²) in [4.78, 5) is 17.4. The van der Waals surface area contributed by atoms with Crippen LogP contribution < -0.4 is 9.47 Å². The summed E-state index contributed by atoms with van der Waals surface area (Å²) in [5.74, 6) is 2.09. The van der Waals surface area contributed by atoms with Gasteiger partial charge in [-0.1, -0.05) is 28.9 Å². The van der Waals surface area contributed by atoms with Crippen molar-refractivity contribution in [2.45, 2.75) is 20.5 Å². The minimum absolute atomic E-state index is 0.0126. The molecule has 7 nitrogen and oxygen atoms in total. The van der Waals surface area contributed by atoms with Gasteiger partial charge in [-0.25, -0.2) is 0 Å². The van der Waals surface area contributed by atoms with E-state index in [9.17, 15) is 4.79 Å². The number of benzene rings is 2. The minimum Gasteiger partial charge on any atom is -0.492 e. The van der Waals surface area contributed by atoms with Crippen molar-refractivity contribution in [2.75, 3.05) is 39.3 Å². The van der Waals surface area contributed by atoms with Crippen molar-refractivity contribution in [1.82, 2.24) is 15.0 Å². The van der Waals surface area contributed by atoms with E-state index >= 15 is 0 Å². The molecule has 1 fully saturated rings. The third kappa shape index (κ3) is 5.86. The van der Waals surface area contributed by atoms with Crippen molar-refractivity contribution in [3.8, 4) is 11.5 Å². The number of aryl methyl sites for hydroxylation is 2. The number of halogens is 1. The lowest BCUT2D eigenvalue weighted by atomic mass is 10.1. The summed E-state index contributed by atoms with van der Waals surface area (Å²) in [6, 6.07) is 14.7. The Morgan fingerprint density at radius 1 is 1.03 bits per heavy atom. The van der Waals surface area contributed by atoms with Crippen LogP contribution in [-0.2, 0) is 6.61 Å². The molecule has 1 aromatic heterocycles. The number of hydrogen-bond acceptors (Lipinski definition) is 6. The molecule has 0 N–H and O–H groups in total. The van der Waals surface area contributed by atoms with Crippen LogP contribution in [0.3, 0.4) is 0 Å². The average Bonchev–Trinajstić information content (AvgIpc) is 3.16. The van der Waals surface area contributed by atoms with E-state index in [2.05, 4.69) is 10.1 Å². The van der Waals surface area contributed by atoms with E-state index in [1.54, 1.807) is 0 Å². The number of nitrogens with zero attached hydrogens (tertiary/aromatic N) is 3. The Morgan fingerprint density at radius 3 is 2.45 bits per heavy atom. The summed E-state index contributed by atoms with van der Waals surface area (Å²) in [6.45, 7) is 8.39. The molecule has 1 aliphatic heterocycles. The molecular weight excluding hydrogens is 442 g/mol. The smallest absolute Gasteiger partial charge is 0.257 e. The van der Waals surface area contributed by atoms with Gasteiger partial charge in [0, 0.05) is 37.7 Å². The van der Waals surface area contributed by atoms with Gasteiger partial charge in [0.2, 0.25) is 0 Å². The Balaban J connectivity index is 1.28. The fourth-order valence-corrected chi connectivity index (χ4v) is 3.92. The molecule has 0 saturated carbocycles. The molecule has 0 unspecified atom stereocenters. The van der Waals surface area contributed by atoms with Crippen LogP contribution in [0.5, 0.6) is 11.5 Å². The Labute approximate surface area is 198 Å². The van der Waals surface area contributed by atoms with Gasteiger partial charge in [-0.3, -0.25) is 9.69 Å². The van der Waals surface area contributed by atoms with Crippen molar-refractivity contribution in [3.63, 3.8) is 0 Å². The maximum absolute atomic E-state index is 13.2. The van der Waals surface area contributed by atoms with Crippen molar-refractivity contribution >= 4 is 17.5 Å². The van der Waals surface area contributed by atoms with Gasteiger partial charge in [-0.2, -0.15) is 0 Å². The standard InChI is InChI=1S/C25H28ClN3O4/c1-18-23(19(2)33-27-18)17-32-24-6-4-3-5-22(24)25(30)29-13-11-28(12-14-29)15-16-31-21-9-7-20(26)8-10-21/h3-10H,11-17H2,1-2H3. The van der Waals surface area contributed by atoms with E-state index < -0.39 is 0 Å². The van der Waals surface area contributed by atoms with E-state index in [0.717, 1.165) is 42.4 Å². The van der Waals surface area contributed by atoms with Gasteiger partial charge < -0.3 is 18.9 Å². The highest BCUT2D eigenvalue weighted by Gasteiger charge is 2.24. The Morgan fingerprint density at radius 2 is 1.76 bits per heavy atom. The summed E-state index contributed by atoms with van der Waals surface area (Å²) in [6.07, 6.45) is 0. The second kappa shape index (κ2) is 10.7. The maximum atomic E-state index is 13.2. The largest absolute Gasteiger partial charge is 0.492 e. The number of amides is 1. The summed E-state index contributed by atoms with van der Waals surface area (Å²) in [5.41, 5.74) is 2.28. The Bertz CT molecular complexity index is 1060. The van der Waals surface area contributed by atoms with Crippen LogP contribution in [0.2, 0.25) is 5.02 Å². The number of aromatic nitrogens is 1. The molecule has 0 atom stereocenters. The zero-order chi connectivity index (χ0) is 23.2. The molecule has 2 aromatic carbocycles. The monoisotopic (exact) mass is 469 g/mol. The Kier molecular flexibility index (Phi) is 7.52. The second-order valence-corrected chi connectivity index (χ2v) is 8.46. The summed E-state index contributed by atoms with van der Waals surface area (Å²) in [5, 5.41) is 4.65. The SMILES string of the molecule is Cc1noc(C)c1COc1ccccc1C(=O)N1CCN(CCOc2ccc(Cl)cc2)CC1. The average molecular weight is 470 g/mol. The zero-order valence-corrected chi connectivity index (χ0v) is 19.7. The first-order valence-electron chi connectivity index (χ1n) is 11.0. The number of hydrogen-bond donors (Lipinski definition) is 0. The highest BCUT2D eigenvalue weighted by Crippen LogP contribution is 2.23. The third-order valence-corrected chi connectivity index (χ3v) is 6.07. The fourth-order valence-electron chi connectivity index (χ4n) is 3.80. The summed E-state index contributed by atoms with van der Waals surface area (Å²) in [7, 11) is 0. The Hall–Kier alpha value is -3.03. The van der Waals surface area contributed by atoms with E-state index in [1.807, 2.05) is 67.3 Å². The topological polar surface area (TPSA) is 68.0 Å². The van der Waals surface area contributed by atoms with Crippen LogP contribution >= 0.6 is 11.6 Å². The van der Waals surface area contributed by atoms with Gasteiger partial charge in [0.15, 0.2) is 0 Å². The summed E-state index contributed by atoms with van der Waals surface area (Å²) >= 11 is 5.90. The van der Waals surface area contributed by atoms with Crippen LogP contribution in [0.1, 0.15) is 27.4 Å². The molecule has 0 bridgehead atoms. The molecule has 1 saturated heterocycles. The zero-order valence-electron chi connectivity index (χ0n) is 18.9. The van der Waals surface area contributed by atoms with Crippen molar-refractivity contribution in [1.29, 1.82) is 0 Å². The third-order valence-electron chi connectivity index (χ3n) is 5.82. The van der Waals surface area contributed by atoms with Gasteiger partial charge in [0.25, 0.3) is 5.91 Å². The number of rotatable bonds is 8. The van der Waals surface area contributed by atoms with Gasteiger partial charge in [-0.15, -0.1) is 0 Å². The molecule has 1 aliphatic rings. The predicted molar refractivity (Wildman–Crippen MR) is 126 cm³/mol. The number of ether oxygens (including phenoxy) is 2. The molecule has 33 heavy (non-hydrogen) atoms. The van der Waals surface area contributed by atoms with Crippen molar-refractivity contribution in [2.24, 2.45) is 0 Å². The lowest BCUT2D eigenvalue weighted by Gasteiger charge is -2.34. The molecule has 0 spiro atoms. The fraction of sp³-hybridized carbons (Fsp3) is 0.360. The van der Waals surface area contributed by atoms with Crippen LogP contribution in [-0.4, -0.2) is 60.2 Å². The number of carbonyl (C=O) groups excluding carboxylic acids is 1. The minimum atomic E-state index is -0.0126. The lowest BCUT2D eigenvalue weighted by Crippen LogP contribution is -2.49. The van der Waals surface area contributed by atoms with Crippen LogP contribution in [0.4, 0.5) is 0 Å². The normalized spacial score (nSPS) is 14.3. The van der Waals surface area contributed by atoms with Gasteiger partial charge in [0.05, 0.1) is 16.8 Å².